The van der Waals surface area contributed by atoms with Crippen LogP contribution in [-0.2, 0) is 23.0 Å². The first-order valence-electron chi connectivity index (χ1n) is 8.71. The molecule has 0 radical (unpaired) electrons. The van der Waals surface area contributed by atoms with Gasteiger partial charge in [0, 0.05) is 19.7 Å². The van der Waals surface area contributed by atoms with Crippen LogP contribution in [0.15, 0.2) is 18.3 Å². The maximum absolute atomic E-state index is 11.9. The molecular formula is C18H25ClN4O2. The van der Waals surface area contributed by atoms with Gasteiger partial charge in [-0.3, -0.25) is 9.78 Å². The van der Waals surface area contributed by atoms with Crippen molar-refractivity contribution in [2.45, 2.75) is 58.5 Å². The third-order valence-corrected chi connectivity index (χ3v) is 4.09. The Hall–Kier alpha value is -1.95. The van der Waals surface area contributed by atoms with Crippen molar-refractivity contribution in [1.82, 2.24) is 19.7 Å². The molecule has 0 aliphatic rings. The van der Waals surface area contributed by atoms with Gasteiger partial charge in [-0.05, 0) is 31.9 Å². The zero-order valence-corrected chi connectivity index (χ0v) is 15.8. The molecule has 0 aliphatic carbocycles. The van der Waals surface area contributed by atoms with Crippen molar-refractivity contribution in [1.29, 1.82) is 0 Å². The maximum atomic E-state index is 11.9. The van der Waals surface area contributed by atoms with Gasteiger partial charge in [0.15, 0.2) is 11.6 Å². The Morgan fingerprint density at radius 2 is 2.16 bits per heavy atom. The van der Waals surface area contributed by atoms with E-state index >= 15 is 0 Å². The molecule has 0 spiro atoms. The first-order chi connectivity index (χ1) is 12.0. The van der Waals surface area contributed by atoms with Crippen molar-refractivity contribution < 1.29 is 9.53 Å². The van der Waals surface area contributed by atoms with E-state index in [9.17, 15) is 4.79 Å². The number of ether oxygens (including phenoxy) is 1. The van der Waals surface area contributed by atoms with Gasteiger partial charge in [-0.1, -0.05) is 31.4 Å². The molecule has 0 aromatic carbocycles. The molecular weight excluding hydrogens is 340 g/mol. The van der Waals surface area contributed by atoms with Crippen LogP contribution in [0.1, 0.15) is 51.8 Å². The minimum absolute atomic E-state index is 0.0374. The van der Waals surface area contributed by atoms with Gasteiger partial charge in [-0.2, -0.15) is 5.10 Å². The fourth-order valence-corrected chi connectivity index (χ4v) is 2.62. The largest absolute Gasteiger partial charge is 0.463 e. The molecule has 0 bridgehead atoms. The molecule has 0 saturated carbocycles. The Kier molecular flexibility index (Phi) is 7.37. The minimum atomic E-state index is -0.206. The van der Waals surface area contributed by atoms with Gasteiger partial charge in [0.1, 0.15) is 5.69 Å². The molecule has 2 aromatic heterocycles. The van der Waals surface area contributed by atoms with Gasteiger partial charge in [0.05, 0.1) is 17.5 Å². The topological polar surface area (TPSA) is 69.9 Å². The summed E-state index contributed by atoms with van der Waals surface area (Å²) in [6, 6.07) is 3.55. The Morgan fingerprint density at radius 1 is 1.36 bits per heavy atom. The molecule has 6 nitrogen and oxygen atoms in total. The second kappa shape index (κ2) is 9.51. The van der Waals surface area contributed by atoms with E-state index in [0.717, 1.165) is 19.3 Å². The molecule has 2 heterocycles. The molecule has 7 heteroatoms. The Balaban J connectivity index is 1.86. The van der Waals surface area contributed by atoms with Gasteiger partial charge in [-0.25, -0.2) is 9.67 Å². The van der Waals surface area contributed by atoms with Crippen molar-refractivity contribution in [2.24, 2.45) is 7.05 Å². The number of halogens is 1. The summed E-state index contributed by atoms with van der Waals surface area (Å²) in [6.07, 6.45) is 6.58. The smallest absolute Gasteiger partial charge is 0.306 e. The molecule has 0 N–H and O–H groups in total. The van der Waals surface area contributed by atoms with E-state index < -0.39 is 0 Å². The lowest BCUT2D eigenvalue weighted by Gasteiger charge is -2.12. The maximum Gasteiger partial charge on any atom is 0.306 e. The number of nitrogens with zero attached hydrogens (tertiary/aromatic N) is 4. The summed E-state index contributed by atoms with van der Waals surface area (Å²) < 4.78 is 7.08. The van der Waals surface area contributed by atoms with Gasteiger partial charge in [0.2, 0.25) is 0 Å². The summed E-state index contributed by atoms with van der Waals surface area (Å²) in [5.74, 6) is 1.04. The fourth-order valence-electron chi connectivity index (χ4n) is 2.51. The Morgan fingerprint density at radius 3 is 2.84 bits per heavy atom. The summed E-state index contributed by atoms with van der Waals surface area (Å²) in [4.78, 5) is 20.7. The van der Waals surface area contributed by atoms with Crippen LogP contribution in [-0.4, -0.2) is 31.8 Å². The lowest BCUT2D eigenvalue weighted by Crippen LogP contribution is -2.15. The van der Waals surface area contributed by atoms with E-state index in [1.807, 2.05) is 6.92 Å². The molecule has 2 rings (SSSR count). The van der Waals surface area contributed by atoms with Crippen LogP contribution in [0.5, 0.6) is 0 Å². The fraction of sp³-hybridized carbons (Fsp3) is 0.556. The second-order valence-corrected chi connectivity index (χ2v) is 6.57. The summed E-state index contributed by atoms with van der Waals surface area (Å²) in [6.45, 7) is 4.10. The van der Waals surface area contributed by atoms with Crippen LogP contribution in [0.4, 0.5) is 0 Å². The monoisotopic (exact) mass is 364 g/mol. The molecule has 0 fully saturated rings. The Labute approximate surface area is 153 Å². The molecule has 1 atom stereocenters. The number of carbonyl (C=O) groups excluding carboxylic acids is 1. The number of unbranched alkanes of at least 4 members (excludes halogenated alkanes) is 2. The summed E-state index contributed by atoms with van der Waals surface area (Å²) in [5, 5.41) is 4.92. The highest BCUT2D eigenvalue weighted by atomic mass is 35.5. The van der Waals surface area contributed by atoms with Crippen LogP contribution in [0.3, 0.4) is 0 Å². The van der Waals surface area contributed by atoms with Crippen LogP contribution in [0.2, 0.25) is 5.02 Å². The van der Waals surface area contributed by atoms with Gasteiger partial charge >= 0.3 is 5.97 Å². The third-order valence-electron chi connectivity index (χ3n) is 3.86. The Bertz CT molecular complexity index is 685. The molecule has 2 aromatic rings. The normalized spacial score (nSPS) is 12.2. The van der Waals surface area contributed by atoms with E-state index in [2.05, 4.69) is 22.0 Å². The lowest BCUT2D eigenvalue weighted by atomic mass is 10.1. The lowest BCUT2D eigenvalue weighted by molar-refractivity contribution is -0.148. The SMILES string of the molecule is CCCCCC(C)OC(=O)CCc1nc(-c2ccc(Cl)cn2)n(C)n1. The quantitative estimate of drug-likeness (QED) is 0.497. The number of rotatable bonds is 9. The van der Waals surface area contributed by atoms with Crippen molar-refractivity contribution in [3.63, 3.8) is 0 Å². The van der Waals surface area contributed by atoms with Crippen LogP contribution >= 0.6 is 11.6 Å². The van der Waals surface area contributed by atoms with E-state index in [4.69, 9.17) is 16.3 Å². The highest BCUT2D eigenvalue weighted by molar-refractivity contribution is 6.30. The average Bonchev–Trinajstić information content (AvgIpc) is 2.95. The number of pyridine rings is 1. The second-order valence-electron chi connectivity index (χ2n) is 6.13. The number of aryl methyl sites for hydroxylation is 2. The number of hydrogen-bond donors (Lipinski definition) is 0. The van der Waals surface area contributed by atoms with Crippen LogP contribution in [0.25, 0.3) is 11.5 Å². The van der Waals surface area contributed by atoms with Gasteiger partial charge < -0.3 is 4.74 Å². The molecule has 136 valence electrons. The van der Waals surface area contributed by atoms with Crippen LogP contribution in [0, 0.1) is 0 Å². The molecule has 0 aliphatic heterocycles. The van der Waals surface area contributed by atoms with Gasteiger partial charge in [-0.15, -0.1) is 0 Å². The first kappa shape index (κ1) is 19.4. The van der Waals surface area contributed by atoms with E-state index in [1.54, 1.807) is 30.1 Å². The summed E-state index contributed by atoms with van der Waals surface area (Å²) >= 11 is 5.85. The number of hydrogen-bond acceptors (Lipinski definition) is 5. The highest BCUT2D eigenvalue weighted by Gasteiger charge is 2.14. The molecule has 0 saturated heterocycles. The zero-order valence-electron chi connectivity index (χ0n) is 15.0. The zero-order chi connectivity index (χ0) is 18.2. The average molecular weight is 365 g/mol. The number of aromatic nitrogens is 4. The van der Waals surface area contributed by atoms with Crippen molar-refractivity contribution >= 4 is 17.6 Å². The summed E-state index contributed by atoms with van der Waals surface area (Å²) in [7, 11) is 1.80. The predicted molar refractivity (Wildman–Crippen MR) is 97.3 cm³/mol. The number of carbonyl (C=O) groups is 1. The summed E-state index contributed by atoms with van der Waals surface area (Å²) in [5.41, 5.74) is 0.692. The first-order valence-corrected chi connectivity index (χ1v) is 9.08. The molecule has 1 unspecified atom stereocenters. The molecule has 25 heavy (non-hydrogen) atoms. The number of esters is 1. The standard InChI is InChI=1S/C18H25ClN4O2/c1-4-5-6-7-13(2)25-17(24)11-10-16-21-18(23(3)22-16)15-9-8-14(19)12-20-15/h8-9,12-13H,4-7,10-11H2,1-3H3. The molecule has 0 amide bonds. The third kappa shape index (κ3) is 6.12. The van der Waals surface area contributed by atoms with E-state index in [1.165, 1.54) is 6.42 Å². The van der Waals surface area contributed by atoms with Crippen LogP contribution < -0.4 is 0 Å². The van der Waals surface area contributed by atoms with Crippen molar-refractivity contribution in [3.05, 3.63) is 29.2 Å². The van der Waals surface area contributed by atoms with Gasteiger partial charge in [0.25, 0.3) is 0 Å². The van der Waals surface area contributed by atoms with Crippen molar-refractivity contribution in [2.75, 3.05) is 0 Å². The predicted octanol–water partition coefficient (Wildman–Crippen LogP) is 3.98. The van der Waals surface area contributed by atoms with Crippen molar-refractivity contribution in [3.8, 4) is 11.5 Å². The highest BCUT2D eigenvalue weighted by Crippen LogP contribution is 2.17. The minimum Gasteiger partial charge on any atom is -0.463 e. The van der Waals surface area contributed by atoms with E-state index in [0.29, 0.717) is 28.8 Å². The van der Waals surface area contributed by atoms with E-state index in [-0.39, 0.29) is 18.5 Å².